The molecule has 0 unspecified atom stereocenters. The van der Waals surface area contributed by atoms with Crippen molar-refractivity contribution in [2.75, 3.05) is 5.33 Å². The predicted molar refractivity (Wildman–Crippen MR) is 57.4 cm³/mol. The molecule has 1 rings (SSSR count). The molecule has 0 amide bonds. The first-order valence-corrected chi connectivity index (χ1v) is 5.77. The van der Waals surface area contributed by atoms with Crippen molar-refractivity contribution in [3.8, 4) is 0 Å². The minimum absolute atomic E-state index is 0.301. The van der Waals surface area contributed by atoms with E-state index in [1.54, 1.807) is 4.68 Å². The van der Waals surface area contributed by atoms with Crippen LogP contribution in [0.4, 0.5) is 0 Å². The van der Waals surface area contributed by atoms with Gasteiger partial charge in [-0.05, 0) is 12.8 Å². The Labute approximate surface area is 91.8 Å². The topological polar surface area (TPSA) is 47.8 Å². The average Bonchev–Trinajstić information content (AvgIpc) is 2.58. The first-order valence-electron chi connectivity index (χ1n) is 4.65. The lowest BCUT2D eigenvalue weighted by Gasteiger charge is -1.96. The highest BCUT2D eigenvalue weighted by atomic mass is 79.9. The Morgan fingerprint density at radius 3 is 2.93 bits per heavy atom. The van der Waals surface area contributed by atoms with Crippen LogP contribution in [0.25, 0.3) is 0 Å². The van der Waals surface area contributed by atoms with Gasteiger partial charge in [-0.15, -0.1) is 5.10 Å². The molecular weight excluding hydrogens is 246 g/mol. The lowest BCUT2D eigenvalue weighted by Crippen LogP contribution is -2.00. The molecule has 0 N–H and O–H groups in total. The number of aromatic nitrogens is 3. The zero-order valence-electron chi connectivity index (χ0n) is 8.24. The Hall–Kier alpha value is -0.710. The van der Waals surface area contributed by atoms with Gasteiger partial charge in [0.25, 0.3) is 0 Å². The fourth-order valence-corrected chi connectivity index (χ4v) is 1.45. The number of hydrogen-bond acceptors (Lipinski definition) is 3. The monoisotopic (exact) mass is 259 g/mol. The Morgan fingerprint density at radius 2 is 2.36 bits per heavy atom. The van der Waals surface area contributed by atoms with Crippen LogP contribution in [0.5, 0.6) is 0 Å². The number of Topliss-reactive ketones (excluding diaryl/α,β-unsaturated/α-hetero) is 1. The van der Waals surface area contributed by atoms with Crippen LogP contribution in [-0.4, -0.2) is 26.1 Å². The summed E-state index contributed by atoms with van der Waals surface area (Å²) < 4.78 is 1.65. The van der Waals surface area contributed by atoms with E-state index in [9.17, 15) is 4.79 Å². The Balaban J connectivity index is 2.23. The second-order valence-corrected chi connectivity index (χ2v) is 4.01. The molecule has 0 aliphatic rings. The van der Waals surface area contributed by atoms with Gasteiger partial charge in [0.1, 0.15) is 5.78 Å². The van der Waals surface area contributed by atoms with Crippen LogP contribution >= 0.6 is 15.9 Å². The summed E-state index contributed by atoms with van der Waals surface area (Å²) in [6, 6.07) is 0. The zero-order valence-corrected chi connectivity index (χ0v) is 9.83. The third kappa shape index (κ3) is 4.00. The molecule has 0 saturated heterocycles. The minimum Gasteiger partial charge on any atom is -0.300 e. The Bertz CT molecular complexity index is 298. The second-order valence-electron chi connectivity index (χ2n) is 3.21. The summed E-state index contributed by atoms with van der Waals surface area (Å²) in [6.45, 7) is 0. The molecule has 0 spiro atoms. The van der Waals surface area contributed by atoms with Gasteiger partial charge in [-0.3, -0.25) is 9.48 Å². The minimum atomic E-state index is 0.301. The molecule has 0 bridgehead atoms. The predicted octanol–water partition coefficient (Wildman–Crippen LogP) is 1.49. The molecule has 4 nitrogen and oxygen atoms in total. The van der Waals surface area contributed by atoms with Crippen LogP contribution in [0.15, 0.2) is 6.20 Å². The molecule has 5 heteroatoms. The van der Waals surface area contributed by atoms with E-state index in [0.29, 0.717) is 25.0 Å². The molecule has 14 heavy (non-hydrogen) atoms. The maximum Gasteiger partial charge on any atom is 0.133 e. The van der Waals surface area contributed by atoms with Gasteiger partial charge in [0, 0.05) is 31.4 Å². The molecule has 0 atom stereocenters. The van der Waals surface area contributed by atoms with E-state index in [1.165, 1.54) is 0 Å². The molecule has 0 aromatic carbocycles. The van der Waals surface area contributed by atoms with Crippen LogP contribution in [0.2, 0.25) is 0 Å². The molecule has 78 valence electrons. The fraction of sp³-hybridized carbons (Fsp3) is 0.667. The summed E-state index contributed by atoms with van der Waals surface area (Å²) in [5.41, 5.74) is 0.889. The van der Waals surface area contributed by atoms with E-state index in [4.69, 9.17) is 0 Å². The molecule has 0 saturated carbocycles. The number of hydrogen-bond donors (Lipinski definition) is 0. The third-order valence-electron chi connectivity index (χ3n) is 1.90. The molecule has 0 fully saturated rings. The summed E-state index contributed by atoms with van der Waals surface area (Å²) in [4.78, 5) is 11.3. The van der Waals surface area contributed by atoms with Crippen molar-refractivity contribution in [3.05, 3.63) is 11.9 Å². The summed E-state index contributed by atoms with van der Waals surface area (Å²) in [5, 5.41) is 8.62. The molecule has 1 heterocycles. The number of halogens is 1. The Morgan fingerprint density at radius 1 is 1.57 bits per heavy atom. The summed E-state index contributed by atoms with van der Waals surface area (Å²) in [7, 11) is 1.82. The molecule has 0 aliphatic heterocycles. The first kappa shape index (κ1) is 11.4. The van der Waals surface area contributed by atoms with Gasteiger partial charge in [-0.25, -0.2) is 0 Å². The maximum absolute atomic E-state index is 11.3. The molecule has 1 aromatic heterocycles. The number of nitrogens with zero attached hydrogens (tertiary/aromatic N) is 3. The van der Waals surface area contributed by atoms with Crippen molar-refractivity contribution in [1.29, 1.82) is 0 Å². The summed E-state index contributed by atoms with van der Waals surface area (Å²) in [5.74, 6) is 0.301. The van der Waals surface area contributed by atoms with E-state index in [0.717, 1.165) is 17.4 Å². The lowest BCUT2D eigenvalue weighted by atomic mass is 10.1. The first-order chi connectivity index (χ1) is 6.72. The van der Waals surface area contributed by atoms with Gasteiger partial charge < -0.3 is 0 Å². The number of carbonyl (C=O) groups excluding carboxylic acids is 1. The third-order valence-corrected chi connectivity index (χ3v) is 2.46. The van der Waals surface area contributed by atoms with Crippen LogP contribution < -0.4 is 0 Å². The van der Waals surface area contributed by atoms with E-state index in [-0.39, 0.29) is 0 Å². The van der Waals surface area contributed by atoms with Gasteiger partial charge >= 0.3 is 0 Å². The number of aryl methyl sites for hydroxylation is 2. The number of alkyl halides is 1. The summed E-state index contributed by atoms with van der Waals surface area (Å²) in [6.07, 6.45) is 4.70. The number of ketones is 1. The molecule has 0 radical (unpaired) electrons. The van der Waals surface area contributed by atoms with Crippen LogP contribution in [0.3, 0.4) is 0 Å². The normalized spacial score (nSPS) is 10.4. The van der Waals surface area contributed by atoms with Gasteiger partial charge in [0.15, 0.2) is 0 Å². The number of carbonyl (C=O) groups is 1. The van der Waals surface area contributed by atoms with Crippen molar-refractivity contribution in [1.82, 2.24) is 15.0 Å². The van der Waals surface area contributed by atoms with E-state index < -0.39 is 0 Å². The van der Waals surface area contributed by atoms with Gasteiger partial charge in [0.05, 0.1) is 5.69 Å². The SMILES string of the molecule is Cn1cc(CCC(=O)CCCBr)nn1. The van der Waals surface area contributed by atoms with Crippen molar-refractivity contribution in [3.63, 3.8) is 0 Å². The van der Waals surface area contributed by atoms with Crippen molar-refractivity contribution < 1.29 is 4.79 Å². The van der Waals surface area contributed by atoms with E-state index in [2.05, 4.69) is 26.2 Å². The van der Waals surface area contributed by atoms with Crippen LogP contribution in [0.1, 0.15) is 25.0 Å². The molecule has 0 aliphatic carbocycles. The van der Waals surface area contributed by atoms with Gasteiger partial charge in [-0.1, -0.05) is 21.1 Å². The van der Waals surface area contributed by atoms with Gasteiger partial charge in [0.2, 0.25) is 0 Å². The highest BCUT2D eigenvalue weighted by molar-refractivity contribution is 9.09. The fourth-order valence-electron chi connectivity index (χ4n) is 1.17. The highest BCUT2D eigenvalue weighted by Gasteiger charge is 2.04. The quantitative estimate of drug-likeness (QED) is 0.728. The highest BCUT2D eigenvalue weighted by Crippen LogP contribution is 2.02. The van der Waals surface area contributed by atoms with E-state index >= 15 is 0 Å². The smallest absolute Gasteiger partial charge is 0.133 e. The average molecular weight is 260 g/mol. The lowest BCUT2D eigenvalue weighted by molar-refractivity contribution is -0.119. The van der Waals surface area contributed by atoms with Crippen molar-refractivity contribution in [2.24, 2.45) is 7.05 Å². The zero-order chi connectivity index (χ0) is 10.4. The summed E-state index contributed by atoms with van der Waals surface area (Å²) >= 11 is 3.30. The van der Waals surface area contributed by atoms with Crippen LogP contribution in [0, 0.1) is 0 Å². The standard InChI is InChI=1S/C9H14BrN3O/c1-13-7-8(11-12-13)4-5-9(14)3-2-6-10/h7H,2-6H2,1H3. The van der Waals surface area contributed by atoms with Crippen molar-refractivity contribution in [2.45, 2.75) is 25.7 Å². The van der Waals surface area contributed by atoms with Crippen LogP contribution in [-0.2, 0) is 18.3 Å². The van der Waals surface area contributed by atoms with Gasteiger partial charge in [-0.2, -0.15) is 0 Å². The van der Waals surface area contributed by atoms with E-state index in [1.807, 2.05) is 13.2 Å². The molecular formula is C9H14BrN3O. The maximum atomic E-state index is 11.3. The Kier molecular flexibility index (Phi) is 4.79. The second kappa shape index (κ2) is 5.90. The largest absolute Gasteiger partial charge is 0.300 e. The molecule has 1 aromatic rings. The number of rotatable bonds is 6. The van der Waals surface area contributed by atoms with Crippen molar-refractivity contribution >= 4 is 21.7 Å².